The number of furan rings is 1. The lowest BCUT2D eigenvalue weighted by molar-refractivity contribution is 0.666. The van der Waals surface area contributed by atoms with E-state index >= 15 is 0 Å². The Balaban J connectivity index is 1.33. The summed E-state index contributed by atoms with van der Waals surface area (Å²) in [6, 6.07) is 12.2. The summed E-state index contributed by atoms with van der Waals surface area (Å²) in [6.45, 7) is 2.85. The molecule has 0 radical (unpaired) electrons. The lowest BCUT2D eigenvalue weighted by atomic mass is 10.2. The molecular weight excluding hydrogens is 350 g/mol. The minimum atomic E-state index is 0.635. The van der Waals surface area contributed by atoms with E-state index in [2.05, 4.69) is 37.3 Å². The van der Waals surface area contributed by atoms with Crippen LogP contribution < -0.4 is 10.2 Å². The largest absolute Gasteiger partial charge is 0.450 e. The lowest BCUT2D eigenvalue weighted by Crippen LogP contribution is -2.24. The fraction of sp³-hybridized carbons (Fsp3) is 0.318. The molecule has 0 amide bonds. The number of hydrogen-bond donors (Lipinski definition) is 1. The van der Waals surface area contributed by atoms with Crippen molar-refractivity contribution in [3.05, 3.63) is 54.5 Å². The molecule has 0 unspecified atom stereocenters. The summed E-state index contributed by atoms with van der Waals surface area (Å²) in [5, 5.41) is 4.38. The second kappa shape index (κ2) is 7.46. The van der Waals surface area contributed by atoms with E-state index in [0.717, 1.165) is 41.0 Å². The summed E-state index contributed by atoms with van der Waals surface area (Å²) in [7, 11) is 0. The van der Waals surface area contributed by atoms with Gasteiger partial charge in [-0.2, -0.15) is 0 Å². The number of fused-ring (bicyclic) bond motifs is 3. The van der Waals surface area contributed by atoms with Crippen molar-refractivity contribution in [2.75, 3.05) is 23.3 Å². The fourth-order valence-corrected chi connectivity index (χ4v) is 3.84. The summed E-state index contributed by atoms with van der Waals surface area (Å²) in [4.78, 5) is 15.8. The van der Waals surface area contributed by atoms with Crippen LogP contribution in [0.15, 0.2) is 53.3 Å². The van der Waals surface area contributed by atoms with E-state index < -0.39 is 0 Å². The van der Waals surface area contributed by atoms with Crippen LogP contribution in [0.1, 0.15) is 31.2 Å². The van der Waals surface area contributed by atoms with E-state index in [1.807, 2.05) is 30.5 Å². The first-order chi connectivity index (χ1) is 13.9. The monoisotopic (exact) mass is 373 g/mol. The molecule has 6 nitrogen and oxygen atoms in total. The van der Waals surface area contributed by atoms with Crippen molar-refractivity contribution in [2.45, 2.75) is 32.2 Å². The number of aromatic nitrogens is 3. The van der Waals surface area contributed by atoms with E-state index in [0.29, 0.717) is 17.9 Å². The predicted molar refractivity (Wildman–Crippen MR) is 112 cm³/mol. The predicted octanol–water partition coefficient (Wildman–Crippen LogP) is 4.76. The minimum absolute atomic E-state index is 0.635. The van der Waals surface area contributed by atoms with Crippen molar-refractivity contribution in [2.24, 2.45) is 0 Å². The molecule has 0 atom stereocenters. The number of hydrogen-bond acceptors (Lipinski definition) is 6. The van der Waals surface area contributed by atoms with Gasteiger partial charge in [0.05, 0.1) is 0 Å². The second-order valence-corrected chi connectivity index (χ2v) is 7.28. The number of pyridine rings is 1. The molecule has 0 bridgehead atoms. The molecular formula is C22H23N5O. The van der Waals surface area contributed by atoms with Gasteiger partial charge in [0.1, 0.15) is 23.2 Å². The standard InChI is InChI=1S/C22H23N5O/c1-2-6-12-27(11-5-1)19-10-9-16(13-23-19)14-24-22-21-20(25-15-26-22)17-7-3-4-8-18(17)28-21/h3-4,7-10,13,15H,1-2,5-6,11-12,14H2,(H,24,25,26). The van der Waals surface area contributed by atoms with Crippen LogP contribution in [-0.4, -0.2) is 28.0 Å². The van der Waals surface area contributed by atoms with E-state index in [4.69, 9.17) is 4.42 Å². The average molecular weight is 373 g/mol. The SMILES string of the molecule is c1ccc2c(c1)oc1c(NCc3ccc(N4CCCCCC4)nc3)ncnc12. The summed E-state index contributed by atoms with van der Waals surface area (Å²) in [6.07, 6.45) is 8.69. The first-order valence-corrected chi connectivity index (χ1v) is 9.94. The Morgan fingerprint density at radius 3 is 2.61 bits per heavy atom. The third kappa shape index (κ3) is 3.26. The number of nitrogens with zero attached hydrogens (tertiary/aromatic N) is 4. The van der Waals surface area contributed by atoms with Crippen molar-refractivity contribution in [1.82, 2.24) is 15.0 Å². The number of nitrogens with one attached hydrogen (secondary N) is 1. The van der Waals surface area contributed by atoms with Crippen molar-refractivity contribution < 1.29 is 4.42 Å². The smallest absolute Gasteiger partial charge is 0.196 e. The molecule has 1 fully saturated rings. The molecule has 1 aliphatic rings. The highest BCUT2D eigenvalue weighted by Crippen LogP contribution is 2.30. The minimum Gasteiger partial charge on any atom is -0.450 e. The zero-order valence-electron chi connectivity index (χ0n) is 15.8. The summed E-state index contributed by atoms with van der Waals surface area (Å²) in [5.41, 5.74) is 3.46. The zero-order chi connectivity index (χ0) is 18.8. The van der Waals surface area contributed by atoms with Gasteiger partial charge in [0, 0.05) is 31.2 Å². The van der Waals surface area contributed by atoms with Gasteiger partial charge in [0.15, 0.2) is 11.4 Å². The van der Waals surface area contributed by atoms with Gasteiger partial charge in [-0.3, -0.25) is 0 Å². The van der Waals surface area contributed by atoms with Gasteiger partial charge in [-0.05, 0) is 36.6 Å². The highest BCUT2D eigenvalue weighted by Gasteiger charge is 2.13. The number of benzene rings is 1. The third-order valence-electron chi connectivity index (χ3n) is 5.36. The Morgan fingerprint density at radius 1 is 0.929 bits per heavy atom. The van der Waals surface area contributed by atoms with Crippen LogP contribution >= 0.6 is 0 Å². The quantitative estimate of drug-likeness (QED) is 0.556. The number of rotatable bonds is 4. The summed E-state index contributed by atoms with van der Waals surface area (Å²) < 4.78 is 5.97. The maximum Gasteiger partial charge on any atom is 0.196 e. The number of para-hydroxylation sites is 1. The van der Waals surface area contributed by atoms with Gasteiger partial charge in [0.2, 0.25) is 0 Å². The van der Waals surface area contributed by atoms with Crippen LogP contribution in [-0.2, 0) is 6.54 Å². The van der Waals surface area contributed by atoms with Crippen LogP contribution in [0.5, 0.6) is 0 Å². The van der Waals surface area contributed by atoms with Gasteiger partial charge in [-0.15, -0.1) is 0 Å². The summed E-state index contributed by atoms with van der Waals surface area (Å²) >= 11 is 0. The molecule has 0 saturated carbocycles. The Kier molecular flexibility index (Phi) is 4.53. The van der Waals surface area contributed by atoms with Crippen molar-refractivity contribution in [3.8, 4) is 0 Å². The average Bonchev–Trinajstić information content (AvgIpc) is 2.92. The summed E-state index contributed by atoms with van der Waals surface area (Å²) in [5.74, 6) is 1.78. The normalized spacial score (nSPS) is 15.1. The first kappa shape index (κ1) is 17.0. The second-order valence-electron chi connectivity index (χ2n) is 7.28. The molecule has 5 rings (SSSR count). The molecule has 1 N–H and O–H groups in total. The van der Waals surface area contributed by atoms with Crippen LogP contribution in [0, 0.1) is 0 Å². The van der Waals surface area contributed by atoms with E-state index in [-0.39, 0.29) is 0 Å². The van der Waals surface area contributed by atoms with Crippen molar-refractivity contribution >= 4 is 33.7 Å². The molecule has 1 aromatic carbocycles. The Morgan fingerprint density at radius 2 is 1.79 bits per heavy atom. The molecule has 0 spiro atoms. The molecule has 142 valence electrons. The molecule has 28 heavy (non-hydrogen) atoms. The first-order valence-electron chi connectivity index (χ1n) is 9.94. The molecule has 4 aromatic rings. The molecule has 0 aliphatic carbocycles. The molecule has 4 heterocycles. The maximum absolute atomic E-state index is 5.97. The number of anilines is 2. The van der Waals surface area contributed by atoms with Crippen LogP contribution in [0.2, 0.25) is 0 Å². The van der Waals surface area contributed by atoms with Crippen molar-refractivity contribution in [1.29, 1.82) is 0 Å². The van der Waals surface area contributed by atoms with E-state index in [1.54, 1.807) is 6.33 Å². The molecule has 6 heteroatoms. The fourth-order valence-electron chi connectivity index (χ4n) is 3.84. The highest BCUT2D eigenvalue weighted by molar-refractivity contribution is 6.05. The molecule has 1 saturated heterocycles. The highest BCUT2D eigenvalue weighted by atomic mass is 16.3. The topological polar surface area (TPSA) is 67.1 Å². The van der Waals surface area contributed by atoms with Gasteiger partial charge < -0.3 is 14.6 Å². The van der Waals surface area contributed by atoms with Crippen LogP contribution in [0.3, 0.4) is 0 Å². The van der Waals surface area contributed by atoms with Gasteiger partial charge in [0.25, 0.3) is 0 Å². The van der Waals surface area contributed by atoms with Crippen LogP contribution in [0.25, 0.3) is 22.1 Å². The van der Waals surface area contributed by atoms with Gasteiger partial charge >= 0.3 is 0 Å². The maximum atomic E-state index is 5.97. The lowest BCUT2D eigenvalue weighted by Gasteiger charge is -2.21. The van der Waals surface area contributed by atoms with Gasteiger partial charge in [-0.1, -0.05) is 31.0 Å². The Labute approximate surface area is 163 Å². The van der Waals surface area contributed by atoms with E-state index in [1.165, 1.54) is 25.7 Å². The Hall–Kier alpha value is -3.15. The van der Waals surface area contributed by atoms with E-state index in [9.17, 15) is 0 Å². The van der Waals surface area contributed by atoms with Crippen molar-refractivity contribution in [3.63, 3.8) is 0 Å². The van der Waals surface area contributed by atoms with Gasteiger partial charge in [-0.25, -0.2) is 15.0 Å². The Bertz CT molecular complexity index is 1080. The van der Waals surface area contributed by atoms with Crippen LogP contribution in [0.4, 0.5) is 11.6 Å². The molecule has 3 aromatic heterocycles. The zero-order valence-corrected chi connectivity index (χ0v) is 15.8. The molecule has 1 aliphatic heterocycles. The third-order valence-corrected chi connectivity index (χ3v) is 5.36.